The molecule has 11 nitrogen and oxygen atoms in total. The number of aryl methyl sites for hydroxylation is 1. The van der Waals surface area contributed by atoms with Crippen molar-refractivity contribution in [3.8, 4) is 11.1 Å². The second-order valence-corrected chi connectivity index (χ2v) is 12.7. The summed E-state index contributed by atoms with van der Waals surface area (Å²) in [7, 11) is 1.31. The van der Waals surface area contributed by atoms with Gasteiger partial charge in [-0.2, -0.15) is 10.1 Å². The van der Waals surface area contributed by atoms with Gasteiger partial charge in [-0.05, 0) is 49.3 Å². The number of nitrogens with one attached hydrogen (secondary N) is 1. The number of aromatic nitrogens is 4. The van der Waals surface area contributed by atoms with Crippen LogP contribution in [0.1, 0.15) is 74.9 Å². The van der Waals surface area contributed by atoms with Crippen LogP contribution in [-0.4, -0.2) is 80.8 Å². The topological polar surface area (TPSA) is 123 Å². The third-order valence-corrected chi connectivity index (χ3v) is 9.40. The second kappa shape index (κ2) is 15.7. The van der Waals surface area contributed by atoms with E-state index in [1.54, 1.807) is 4.57 Å². The number of ether oxygens (including phenoxy) is 2. The molecule has 2 N–H and O–H groups in total. The summed E-state index contributed by atoms with van der Waals surface area (Å²) < 4.78 is 13.8. The first-order valence-electron chi connectivity index (χ1n) is 16.9. The van der Waals surface area contributed by atoms with Crippen LogP contribution in [-0.2, 0) is 22.3 Å². The van der Waals surface area contributed by atoms with E-state index in [0.29, 0.717) is 68.9 Å². The van der Waals surface area contributed by atoms with Crippen LogP contribution < -0.4 is 10.9 Å². The van der Waals surface area contributed by atoms with Crippen LogP contribution in [0.5, 0.6) is 0 Å². The molecule has 48 heavy (non-hydrogen) atoms. The fourth-order valence-electron chi connectivity index (χ4n) is 6.54. The van der Waals surface area contributed by atoms with Crippen LogP contribution in [0, 0.1) is 0 Å². The van der Waals surface area contributed by atoms with Gasteiger partial charge in [-0.25, -0.2) is 9.31 Å². The van der Waals surface area contributed by atoms with Crippen molar-refractivity contribution in [1.29, 1.82) is 0 Å². The van der Waals surface area contributed by atoms with Gasteiger partial charge in [-0.15, -0.1) is 0 Å². The van der Waals surface area contributed by atoms with Crippen LogP contribution in [0.3, 0.4) is 0 Å². The normalized spacial score (nSPS) is 15.6. The number of hydrogen-bond donors (Lipinski definition) is 2. The van der Waals surface area contributed by atoms with E-state index < -0.39 is 11.7 Å². The van der Waals surface area contributed by atoms with Crippen molar-refractivity contribution < 1.29 is 19.4 Å². The molecule has 0 bridgehead atoms. The Hall–Kier alpha value is -4.32. The first kappa shape index (κ1) is 35.0. The predicted octanol–water partition coefficient (Wildman–Crippen LogP) is 5.24. The fraction of sp³-hybridized carbons (Fsp3) is 0.459. The SMILES string of the molecule is C=C(NC(=O)OC)c1ccccc1-c1ccc(Cc2c(CCC)n3ncnc3n(C(C)CC[C@](O)(CC)CN3CCOCC3)c2=O)cc1. The average Bonchev–Trinajstić information content (AvgIpc) is 3.59. The van der Waals surface area contributed by atoms with E-state index in [1.807, 2.05) is 66.9 Å². The Bertz CT molecular complexity index is 1780. The Morgan fingerprint density at radius 3 is 2.56 bits per heavy atom. The number of β-amino-alcohol motifs (C(OH)–C–C–N with tert-alkyl or cyclic N) is 1. The highest BCUT2D eigenvalue weighted by atomic mass is 16.5. The highest BCUT2D eigenvalue weighted by Gasteiger charge is 2.30. The Kier molecular flexibility index (Phi) is 11.5. The summed E-state index contributed by atoms with van der Waals surface area (Å²) in [6.07, 6.45) is 4.72. The number of morpholine rings is 1. The first-order valence-corrected chi connectivity index (χ1v) is 16.9. The van der Waals surface area contributed by atoms with Gasteiger partial charge in [0.05, 0.1) is 31.6 Å². The summed E-state index contributed by atoms with van der Waals surface area (Å²) in [5.41, 5.74) is 4.73. The molecule has 4 aromatic rings. The maximum Gasteiger partial charge on any atom is 0.411 e. The highest BCUT2D eigenvalue weighted by molar-refractivity contribution is 5.86. The van der Waals surface area contributed by atoms with E-state index in [2.05, 4.69) is 33.8 Å². The number of hydrogen-bond acceptors (Lipinski definition) is 8. The molecule has 5 rings (SSSR count). The number of carbonyl (C=O) groups is 1. The number of benzene rings is 2. The van der Waals surface area contributed by atoms with Crippen LogP contribution in [0.25, 0.3) is 22.6 Å². The molecule has 1 amide bonds. The van der Waals surface area contributed by atoms with Crippen molar-refractivity contribution in [3.63, 3.8) is 0 Å². The lowest BCUT2D eigenvalue weighted by Gasteiger charge is -2.36. The van der Waals surface area contributed by atoms with Crippen molar-refractivity contribution in [2.75, 3.05) is 40.0 Å². The lowest BCUT2D eigenvalue weighted by atomic mass is 9.91. The number of nitrogens with zero attached hydrogens (tertiary/aromatic N) is 5. The van der Waals surface area contributed by atoms with E-state index in [4.69, 9.17) is 9.47 Å². The van der Waals surface area contributed by atoms with Gasteiger partial charge in [0.25, 0.3) is 5.56 Å². The van der Waals surface area contributed by atoms with Crippen LogP contribution in [0.15, 0.2) is 66.2 Å². The van der Waals surface area contributed by atoms with Crippen molar-refractivity contribution in [1.82, 2.24) is 29.4 Å². The van der Waals surface area contributed by atoms with E-state index in [9.17, 15) is 14.7 Å². The maximum atomic E-state index is 14.4. The number of fused-ring (bicyclic) bond motifs is 1. The highest BCUT2D eigenvalue weighted by Crippen LogP contribution is 2.29. The number of aliphatic hydroxyl groups is 1. The molecule has 0 aliphatic carbocycles. The number of alkyl carbamates (subject to hydrolysis) is 1. The Balaban J connectivity index is 1.42. The summed E-state index contributed by atoms with van der Waals surface area (Å²) in [5, 5.41) is 18.8. The van der Waals surface area contributed by atoms with Gasteiger partial charge in [-0.3, -0.25) is 19.6 Å². The van der Waals surface area contributed by atoms with E-state index >= 15 is 0 Å². The summed E-state index contributed by atoms with van der Waals surface area (Å²) in [4.78, 5) is 33.0. The van der Waals surface area contributed by atoms with Gasteiger partial charge in [0.1, 0.15) is 6.33 Å². The molecular formula is C37H48N6O5. The molecule has 1 aliphatic heterocycles. The zero-order chi connectivity index (χ0) is 34.3. The molecule has 256 valence electrons. The number of amides is 1. The lowest BCUT2D eigenvalue weighted by molar-refractivity contribution is -0.0408. The van der Waals surface area contributed by atoms with Crippen molar-refractivity contribution in [3.05, 3.63) is 94.2 Å². The maximum absolute atomic E-state index is 14.4. The summed E-state index contributed by atoms with van der Waals surface area (Å²) in [6, 6.07) is 15.6. The monoisotopic (exact) mass is 656 g/mol. The molecule has 1 fully saturated rings. The third-order valence-electron chi connectivity index (χ3n) is 9.40. The largest absolute Gasteiger partial charge is 0.453 e. The van der Waals surface area contributed by atoms with Crippen molar-refractivity contribution in [2.45, 2.75) is 70.9 Å². The molecule has 0 radical (unpaired) electrons. The first-order chi connectivity index (χ1) is 23.2. The molecule has 0 saturated carbocycles. The smallest absolute Gasteiger partial charge is 0.411 e. The molecule has 1 unspecified atom stereocenters. The molecule has 2 atom stereocenters. The molecule has 2 aromatic carbocycles. The number of methoxy groups -OCH3 is 1. The number of carbonyl (C=O) groups excluding carboxylic acids is 1. The summed E-state index contributed by atoms with van der Waals surface area (Å²) in [6.45, 7) is 13.8. The van der Waals surface area contributed by atoms with Gasteiger partial charge in [-0.1, -0.05) is 75.4 Å². The minimum Gasteiger partial charge on any atom is -0.453 e. The van der Waals surface area contributed by atoms with Crippen LogP contribution in [0.2, 0.25) is 0 Å². The van der Waals surface area contributed by atoms with Gasteiger partial charge < -0.3 is 14.6 Å². The minimum absolute atomic E-state index is 0.0701. The van der Waals surface area contributed by atoms with E-state index in [1.165, 1.54) is 13.4 Å². The minimum atomic E-state index is -0.855. The molecule has 11 heteroatoms. The van der Waals surface area contributed by atoms with Gasteiger partial charge in [0, 0.05) is 48.9 Å². The lowest BCUT2D eigenvalue weighted by Crippen LogP contribution is -2.47. The van der Waals surface area contributed by atoms with E-state index in [0.717, 1.165) is 47.5 Å². The average molecular weight is 657 g/mol. The Morgan fingerprint density at radius 2 is 1.88 bits per heavy atom. The Morgan fingerprint density at radius 1 is 1.15 bits per heavy atom. The molecule has 0 spiro atoms. The second-order valence-electron chi connectivity index (χ2n) is 12.7. The van der Waals surface area contributed by atoms with E-state index in [-0.39, 0.29) is 11.6 Å². The molecular weight excluding hydrogens is 608 g/mol. The van der Waals surface area contributed by atoms with Gasteiger partial charge in [0.15, 0.2) is 0 Å². The Labute approximate surface area is 282 Å². The third kappa shape index (κ3) is 7.86. The quantitative estimate of drug-likeness (QED) is 0.189. The molecule has 1 saturated heterocycles. The van der Waals surface area contributed by atoms with Gasteiger partial charge >= 0.3 is 6.09 Å². The molecule has 2 aromatic heterocycles. The molecule has 3 heterocycles. The summed E-state index contributed by atoms with van der Waals surface area (Å²) in [5.74, 6) is 0.528. The fourth-order valence-corrected chi connectivity index (χ4v) is 6.54. The van der Waals surface area contributed by atoms with Crippen LogP contribution >= 0.6 is 0 Å². The zero-order valence-corrected chi connectivity index (χ0v) is 28.6. The predicted molar refractivity (Wildman–Crippen MR) is 187 cm³/mol. The standard InChI is InChI=1S/C37H48N6O5/c1-6-10-33-32(23-28-13-15-29(16-14-28)31-12-9-8-11-30(31)27(4)40-36(45)47-5)34(44)42(35-38-25-39-43(33)35)26(3)17-18-37(46,7-2)24-41-19-21-48-22-20-41/h8-9,11-16,25-26,46H,4,6-7,10,17-24H2,1-3,5H3,(H,40,45)/t26?,37-/m1/s1. The molecule has 1 aliphatic rings. The van der Waals surface area contributed by atoms with Crippen LogP contribution in [0.4, 0.5) is 4.79 Å². The zero-order valence-electron chi connectivity index (χ0n) is 28.6. The summed E-state index contributed by atoms with van der Waals surface area (Å²) >= 11 is 0. The van der Waals surface area contributed by atoms with Crippen molar-refractivity contribution >= 4 is 17.6 Å². The van der Waals surface area contributed by atoms with Gasteiger partial charge in [0.2, 0.25) is 5.78 Å². The number of rotatable bonds is 14. The van der Waals surface area contributed by atoms with Crippen molar-refractivity contribution in [2.24, 2.45) is 0 Å².